The van der Waals surface area contributed by atoms with Crippen LogP contribution in [-0.2, 0) is 27.3 Å². The molecule has 10 heteroatoms. The van der Waals surface area contributed by atoms with E-state index in [-0.39, 0.29) is 11.4 Å². The molecule has 7 nitrogen and oxygen atoms in total. The Bertz CT molecular complexity index is 1670. The van der Waals surface area contributed by atoms with Gasteiger partial charge in [0.1, 0.15) is 22.7 Å². The summed E-state index contributed by atoms with van der Waals surface area (Å²) in [5.74, 6) is 1.94. The van der Waals surface area contributed by atoms with Gasteiger partial charge < -0.3 is 9.64 Å². The quantitative estimate of drug-likeness (QED) is 0.225. The van der Waals surface area contributed by atoms with Crippen LogP contribution in [0.25, 0.3) is 0 Å². The second-order valence-electron chi connectivity index (χ2n) is 14.1. The summed E-state index contributed by atoms with van der Waals surface area (Å²) in [4.78, 5) is 26.9. The number of hydrogen-bond acceptors (Lipinski definition) is 5. The van der Waals surface area contributed by atoms with Crippen LogP contribution in [0.4, 0.5) is 4.79 Å². The molecular weight excluding hydrogens is 663 g/mol. The molecular formula is C38H48Cl2N4O3S. The lowest BCUT2D eigenvalue weighted by Gasteiger charge is -2.47. The third-order valence-corrected chi connectivity index (χ3v) is 11.2. The molecule has 1 fully saturated rings. The number of amides is 2. The van der Waals surface area contributed by atoms with Gasteiger partial charge in [-0.05, 0) is 92.2 Å². The molecule has 3 aromatic rings. The molecule has 0 spiro atoms. The second-order valence-corrected chi connectivity index (χ2v) is 16.5. The van der Waals surface area contributed by atoms with Gasteiger partial charge in [0.15, 0.2) is 0 Å². The molecule has 5 rings (SSSR count). The maximum Gasteiger partial charge on any atom is 0.326 e. The van der Waals surface area contributed by atoms with E-state index in [4.69, 9.17) is 32.9 Å². The van der Waals surface area contributed by atoms with Gasteiger partial charge in [0.25, 0.3) is 0 Å². The number of amidine groups is 1. The Kier molecular flexibility index (Phi) is 11.0. The smallest absolute Gasteiger partial charge is 0.326 e. The van der Waals surface area contributed by atoms with Crippen LogP contribution in [0.5, 0.6) is 5.75 Å². The van der Waals surface area contributed by atoms with E-state index in [1.165, 1.54) is 0 Å². The molecule has 0 aromatic heterocycles. The number of aliphatic imine (C=N–C) groups is 1. The number of benzene rings is 3. The first-order chi connectivity index (χ1) is 22.7. The second kappa shape index (κ2) is 14.5. The molecule has 3 atom stereocenters. The van der Waals surface area contributed by atoms with E-state index < -0.39 is 21.9 Å². The van der Waals surface area contributed by atoms with E-state index in [1.54, 1.807) is 6.26 Å². The normalized spacial score (nSPS) is 22.5. The minimum absolute atomic E-state index is 0.0984. The van der Waals surface area contributed by atoms with Crippen LogP contribution in [0.2, 0.25) is 10.0 Å². The monoisotopic (exact) mass is 710 g/mol. The zero-order chi connectivity index (χ0) is 34.9. The highest BCUT2D eigenvalue weighted by molar-refractivity contribution is 7.84. The summed E-state index contributed by atoms with van der Waals surface area (Å²) in [7, 11) is -0.809. The third-order valence-electron chi connectivity index (χ3n) is 9.88. The summed E-state index contributed by atoms with van der Waals surface area (Å²) >= 11 is 12.8. The van der Waals surface area contributed by atoms with Gasteiger partial charge in [-0.3, -0.25) is 19.0 Å². The molecule has 0 bridgehead atoms. The number of ether oxygens (including phenoxy) is 1. The van der Waals surface area contributed by atoms with Crippen LogP contribution >= 0.6 is 23.2 Å². The molecule has 0 aliphatic carbocycles. The first kappa shape index (κ1) is 36.4. The van der Waals surface area contributed by atoms with Gasteiger partial charge >= 0.3 is 6.03 Å². The standard InChI is InChI=1S/C38H48Cl2N4O3S/c1-8-47-33-26-29(36(2,3)4)14-19-32(33)34-41-37(5,27-10-15-30(39)16-11-27)38(6,28-12-17-31(40)18-13-28)44(34)35(45)43-23-21-42(22-24-43)20-9-25-48(7)46/h10-19,26H,8-9,20-25H2,1-7H3. The van der Waals surface area contributed by atoms with Crippen molar-refractivity contribution in [3.63, 3.8) is 0 Å². The van der Waals surface area contributed by atoms with Crippen LogP contribution < -0.4 is 4.74 Å². The van der Waals surface area contributed by atoms with Gasteiger partial charge in [-0.25, -0.2) is 4.79 Å². The van der Waals surface area contributed by atoms with Crippen LogP contribution in [0.1, 0.15) is 70.2 Å². The summed E-state index contributed by atoms with van der Waals surface area (Å²) in [6, 6.07) is 21.6. The Balaban J connectivity index is 1.67. The van der Waals surface area contributed by atoms with Crippen molar-refractivity contribution >= 4 is 45.9 Å². The van der Waals surface area contributed by atoms with Crippen molar-refractivity contribution in [1.29, 1.82) is 0 Å². The highest BCUT2D eigenvalue weighted by Crippen LogP contribution is 2.54. The Morgan fingerprint density at radius 1 is 0.917 bits per heavy atom. The molecule has 2 amide bonds. The highest BCUT2D eigenvalue weighted by atomic mass is 35.5. The maximum atomic E-state index is 15.1. The zero-order valence-electron chi connectivity index (χ0n) is 29.2. The van der Waals surface area contributed by atoms with Crippen LogP contribution in [0.3, 0.4) is 0 Å². The van der Waals surface area contributed by atoms with Gasteiger partial charge in [0.2, 0.25) is 0 Å². The average Bonchev–Trinajstić information content (AvgIpc) is 3.29. The number of carbonyl (C=O) groups is 1. The number of urea groups is 1. The van der Waals surface area contributed by atoms with Crippen LogP contribution in [-0.4, -0.2) is 82.1 Å². The third kappa shape index (κ3) is 7.18. The molecule has 3 unspecified atom stereocenters. The van der Waals surface area contributed by atoms with Crippen LogP contribution in [0.15, 0.2) is 71.7 Å². The Labute approximate surface area is 298 Å². The summed E-state index contributed by atoms with van der Waals surface area (Å²) in [5.41, 5.74) is 1.76. The predicted octanol–water partition coefficient (Wildman–Crippen LogP) is 8.09. The largest absolute Gasteiger partial charge is 0.493 e. The first-order valence-corrected chi connectivity index (χ1v) is 19.2. The van der Waals surface area contributed by atoms with E-state index in [0.717, 1.165) is 48.3 Å². The fraction of sp³-hybridized carbons (Fsp3) is 0.474. The molecule has 258 valence electrons. The fourth-order valence-corrected chi connectivity index (χ4v) is 7.60. The number of halogens is 2. The lowest BCUT2D eigenvalue weighted by molar-refractivity contribution is 0.0868. The van der Waals surface area contributed by atoms with E-state index >= 15 is 4.79 Å². The first-order valence-electron chi connectivity index (χ1n) is 16.7. The Hall–Kier alpha value is -2.91. The lowest BCUT2D eigenvalue weighted by atomic mass is 9.71. The predicted molar refractivity (Wildman–Crippen MR) is 199 cm³/mol. The summed E-state index contributed by atoms with van der Waals surface area (Å²) in [6.07, 6.45) is 2.62. The zero-order valence-corrected chi connectivity index (χ0v) is 31.5. The molecule has 2 aliphatic heterocycles. The minimum atomic E-state index is -0.966. The van der Waals surface area contributed by atoms with Gasteiger partial charge in [0.05, 0.1) is 12.2 Å². The van der Waals surface area contributed by atoms with Gasteiger partial charge in [0, 0.05) is 59.0 Å². The van der Waals surface area contributed by atoms with Crippen molar-refractivity contribution in [3.05, 3.63) is 99.0 Å². The highest BCUT2D eigenvalue weighted by Gasteiger charge is 2.60. The number of nitrogens with zero attached hydrogens (tertiary/aromatic N) is 4. The average molecular weight is 712 g/mol. The van der Waals surface area contributed by atoms with Crippen molar-refractivity contribution in [1.82, 2.24) is 14.7 Å². The summed E-state index contributed by atoms with van der Waals surface area (Å²) < 4.78 is 17.9. The SMILES string of the molecule is CCOc1cc(C(C)(C)C)ccc1C1=NC(C)(c2ccc(Cl)cc2)C(C)(c2ccc(Cl)cc2)N1C(=O)N1CCN(CCCS(C)=O)CC1. The topological polar surface area (TPSA) is 65.5 Å². The number of hydrogen-bond donors (Lipinski definition) is 0. The molecule has 0 saturated carbocycles. The Morgan fingerprint density at radius 2 is 1.50 bits per heavy atom. The minimum Gasteiger partial charge on any atom is -0.493 e. The maximum absolute atomic E-state index is 15.1. The van der Waals surface area contributed by atoms with Gasteiger partial charge in [-0.2, -0.15) is 0 Å². The van der Waals surface area contributed by atoms with E-state index in [9.17, 15) is 4.21 Å². The van der Waals surface area contributed by atoms with E-state index in [2.05, 4.69) is 57.7 Å². The molecule has 0 N–H and O–H groups in total. The van der Waals surface area contributed by atoms with Crippen molar-refractivity contribution in [3.8, 4) is 5.75 Å². The van der Waals surface area contributed by atoms with Crippen molar-refractivity contribution in [2.24, 2.45) is 4.99 Å². The number of rotatable bonds is 9. The van der Waals surface area contributed by atoms with Gasteiger partial charge in [-0.15, -0.1) is 0 Å². The van der Waals surface area contributed by atoms with Gasteiger partial charge in [-0.1, -0.05) is 74.3 Å². The van der Waals surface area contributed by atoms with Crippen molar-refractivity contribution in [2.75, 3.05) is 51.3 Å². The lowest BCUT2D eigenvalue weighted by Crippen LogP contribution is -2.60. The Morgan fingerprint density at radius 3 is 2.04 bits per heavy atom. The van der Waals surface area contributed by atoms with Crippen molar-refractivity contribution < 1.29 is 13.7 Å². The molecule has 48 heavy (non-hydrogen) atoms. The fourth-order valence-electron chi connectivity index (χ4n) is 6.81. The van der Waals surface area contributed by atoms with Crippen molar-refractivity contribution in [2.45, 2.75) is 64.5 Å². The molecule has 2 aliphatic rings. The number of carbonyl (C=O) groups excluding carboxylic acids is 1. The van der Waals surface area contributed by atoms with Crippen LogP contribution in [0, 0.1) is 0 Å². The molecule has 3 aromatic carbocycles. The molecule has 2 heterocycles. The summed E-state index contributed by atoms with van der Waals surface area (Å²) in [5, 5.41) is 1.25. The van der Waals surface area contributed by atoms with E-state index in [1.807, 2.05) is 65.3 Å². The molecule has 1 saturated heterocycles. The van der Waals surface area contributed by atoms with E-state index in [0.29, 0.717) is 47.1 Å². The summed E-state index contributed by atoms with van der Waals surface area (Å²) in [6.45, 7) is 16.7. The molecule has 0 radical (unpaired) electrons. The number of piperazine rings is 1.